The van der Waals surface area contributed by atoms with E-state index < -0.39 is 50.6 Å². The van der Waals surface area contributed by atoms with Crippen LogP contribution in [0.3, 0.4) is 0 Å². The lowest BCUT2D eigenvalue weighted by atomic mass is 10.3. The molecule has 0 aromatic carbocycles. The third kappa shape index (κ3) is 21.6. The van der Waals surface area contributed by atoms with Gasteiger partial charge in [0.15, 0.2) is 0 Å². The second-order valence-corrected chi connectivity index (χ2v) is 8.40. The minimum Gasteiger partial charge on any atom is -0.460 e. The number of amides is 2. The highest BCUT2D eigenvalue weighted by atomic mass is 31.2. The Bertz CT molecular complexity index is 756. The molecule has 4 N–H and O–H groups in total. The van der Waals surface area contributed by atoms with Crippen LogP contribution in [0.5, 0.6) is 0 Å². The number of hydrogen-bond acceptors (Lipinski definition) is 11. The van der Waals surface area contributed by atoms with Crippen LogP contribution in [-0.2, 0) is 42.6 Å². The lowest BCUT2D eigenvalue weighted by molar-refractivity contribution is -0.140. The Labute approximate surface area is 208 Å². The highest BCUT2D eigenvalue weighted by Crippen LogP contribution is 2.35. The molecule has 0 aromatic rings. The van der Waals surface area contributed by atoms with Crippen molar-refractivity contribution in [2.45, 2.75) is 12.5 Å². The average molecular weight is 540 g/mol. The van der Waals surface area contributed by atoms with Crippen LogP contribution >= 0.6 is 7.60 Å². The SMILES string of the molecule is C=CC(=O)OCCOCCNC(=O)OCC(CCP(=O)(O)O)OC(=O)NCCOCCOC(=O)C=C. The predicted octanol–water partition coefficient (Wildman–Crippen LogP) is -0.133. The molecular weight excluding hydrogens is 507 g/mol. The van der Waals surface area contributed by atoms with Crippen LogP contribution in [0.2, 0.25) is 0 Å². The first-order valence-electron chi connectivity index (χ1n) is 10.7. The standard InChI is InChI=1S/C20H33N2O13P/c1-3-17(23)32-12-10-30-8-6-21-19(25)34-15-16(5-14-36(27,28)29)35-20(26)22-7-9-31-11-13-33-18(24)4-2/h3-4,16H,1-2,5-15H2,(H,21,25)(H,22,26)(H2,27,28,29). The molecule has 1 unspecified atom stereocenters. The molecule has 0 heterocycles. The zero-order valence-electron chi connectivity index (χ0n) is 19.8. The fraction of sp³-hybridized carbons (Fsp3) is 0.600. The van der Waals surface area contributed by atoms with E-state index in [9.17, 15) is 23.7 Å². The van der Waals surface area contributed by atoms with Gasteiger partial charge in [-0.05, 0) is 6.42 Å². The molecule has 2 amide bonds. The Balaban J connectivity index is 4.20. The average Bonchev–Trinajstić information content (AvgIpc) is 2.83. The zero-order chi connectivity index (χ0) is 27.2. The van der Waals surface area contributed by atoms with E-state index in [0.717, 1.165) is 12.2 Å². The van der Waals surface area contributed by atoms with Gasteiger partial charge in [0, 0.05) is 25.2 Å². The van der Waals surface area contributed by atoms with Crippen molar-refractivity contribution in [3.05, 3.63) is 25.3 Å². The van der Waals surface area contributed by atoms with Gasteiger partial charge in [-0.25, -0.2) is 19.2 Å². The summed E-state index contributed by atoms with van der Waals surface area (Å²) >= 11 is 0. The normalized spacial score (nSPS) is 11.5. The number of alkyl carbamates (subject to hydrolysis) is 2. The second-order valence-electron chi connectivity index (χ2n) is 6.62. The molecule has 36 heavy (non-hydrogen) atoms. The Kier molecular flexibility index (Phi) is 18.6. The lowest BCUT2D eigenvalue weighted by Crippen LogP contribution is -2.36. The Morgan fingerprint density at radius 2 is 1.28 bits per heavy atom. The van der Waals surface area contributed by atoms with Gasteiger partial charge >= 0.3 is 31.7 Å². The van der Waals surface area contributed by atoms with Crippen molar-refractivity contribution in [2.75, 3.05) is 65.5 Å². The van der Waals surface area contributed by atoms with Gasteiger partial charge < -0.3 is 48.8 Å². The fourth-order valence-electron chi connectivity index (χ4n) is 2.08. The Morgan fingerprint density at radius 3 is 1.75 bits per heavy atom. The van der Waals surface area contributed by atoms with E-state index in [1.54, 1.807) is 0 Å². The summed E-state index contributed by atoms with van der Waals surface area (Å²) < 4.78 is 40.8. The van der Waals surface area contributed by atoms with Gasteiger partial charge in [0.05, 0.1) is 32.6 Å². The molecule has 0 aliphatic heterocycles. The van der Waals surface area contributed by atoms with E-state index >= 15 is 0 Å². The predicted molar refractivity (Wildman–Crippen MR) is 123 cm³/mol. The molecular formula is C20H33N2O13P. The lowest BCUT2D eigenvalue weighted by Gasteiger charge is -2.19. The molecule has 16 heteroatoms. The number of hydrogen-bond donors (Lipinski definition) is 4. The van der Waals surface area contributed by atoms with Gasteiger partial charge in [-0.1, -0.05) is 13.2 Å². The quantitative estimate of drug-likeness (QED) is 0.0523. The van der Waals surface area contributed by atoms with E-state index in [0.29, 0.717) is 0 Å². The van der Waals surface area contributed by atoms with Crippen molar-refractivity contribution < 1.29 is 62.0 Å². The molecule has 206 valence electrons. The number of nitrogens with one attached hydrogen (secondary N) is 2. The summed E-state index contributed by atoms with van der Waals surface area (Å²) in [6, 6.07) is 0. The summed E-state index contributed by atoms with van der Waals surface area (Å²) in [7, 11) is -4.38. The zero-order valence-corrected chi connectivity index (χ0v) is 20.7. The van der Waals surface area contributed by atoms with Gasteiger partial charge in [0.2, 0.25) is 0 Å². The first-order chi connectivity index (χ1) is 17.1. The van der Waals surface area contributed by atoms with Crippen LogP contribution in [-0.4, -0.2) is 106 Å². The van der Waals surface area contributed by atoms with Crippen LogP contribution in [0.4, 0.5) is 9.59 Å². The van der Waals surface area contributed by atoms with Crippen LogP contribution in [0, 0.1) is 0 Å². The van der Waals surface area contributed by atoms with Crippen molar-refractivity contribution in [3.63, 3.8) is 0 Å². The summed E-state index contributed by atoms with van der Waals surface area (Å²) in [6.45, 7) is 6.54. The largest absolute Gasteiger partial charge is 0.460 e. The molecule has 0 fully saturated rings. The summed E-state index contributed by atoms with van der Waals surface area (Å²) in [5.74, 6) is -1.17. The van der Waals surface area contributed by atoms with Crippen LogP contribution in [0.1, 0.15) is 6.42 Å². The molecule has 0 aliphatic carbocycles. The van der Waals surface area contributed by atoms with Gasteiger partial charge in [-0.2, -0.15) is 0 Å². The molecule has 0 saturated carbocycles. The summed E-state index contributed by atoms with van der Waals surface area (Å²) in [6.07, 6.45) is -1.74. The van der Waals surface area contributed by atoms with Gasteiger partial charge in [0.25, 0.3) is 0 Å². The van der Waals surface area contributed by atoms with Crippen LogP contribution in [0.15, 0.2) is 25.3 Å². The molecule has 0 aliphatic rings. The second kappa shape index (κ2) is 20.2. The number of rotatable bonds is 20. The monoisotopic (exact) mass is 540 g/mol. The maximum atomic E-state index is 11.9. The fourth-order valence-corrected chi connectivity index (χ4v) is 2.70. The number of ether oxygens (including phenoxy) is 6. The summed E-state index contributed by atoms with van der Waals surface area (Å²) in [4.78, 5) is 63.5. The summed E-state index contributed by atoms with van der Waals surface area (Å²) in [5, 5.41) is 4.74. The first kappa shape index (κ1) is 33.0. The first-order valence-corrected chi connectivity index (χ1v) is 12.5. The third-order valence-electron chi connectivity index (χ3n) is 3.73. The molecule has 0 bridgehead atoms. The highest BCUT2D eigenvalue weighted by molar-refractivity contribution is 7.51. The minimum absolute atomic E-state index is 0.0104. The van der Waals surface area contributed by atoms with Gasteiger partial charge in [-0.3, -0.25) is 4.57 Å². The molecule has 0 spiro atoms. The van der Waals surface area contributed by atoms with E-state index in [4.69, 9.17) is 38.2 Å². The summed E-state index contributed by atoms with van der Waals surface area (Å²) in [5.41, 5.74) is 0. The van der Waals surface area contributed by atoms with E-state index in [-0.39, 0.29) is 59.2 Å². The van der Waals surface area contributed by atoms with Crippen molar-refractivity contribution >= 4 is 31.7 Å². The molecule has 1 atom stereocenters. The van der Waals surface area contributed by atoms with Crippen molar-refractivity contribution in [3.8, 4) is 0 Å². The third-order valence-corrected chi connectivity index (χ3v) is 4.57. The molecule has 0 radical (unpaired) electrons. The smallest absolute Gasteiger partial charge is 0.407 e. The number of carbonyl (C=O) groups excluding carboxylic acids is 4. The minimum atomic E-state index is -4.38. The Morgan fingerprint density at radius 1 is 0.778 bits per heavy atom. The molecule has 0 saturated heterocycles. The van der Waals surface area contributed by atoms with E-state index in [1.165, 1.54) is 0 Å². The molecule has 15 nitrogen and oxygen atoms in total. The highest BCUT2D eigenvalue weighted by Gasteiger charge is 2.22. The maximum absolute atomic E-state index is 11.9. The van der Waals surface area contributed by atoms with Gasteiger partial charge in [0.1, 0.15) is 25.9 Å². The number of esters is 2. The van der Waals surface area contributed by atoms with E-state index in [2.05, 4.69) is 23.8 Å². The van der Waals surface area contributed by atoms with Crippen molar-refractivity contribution in [1.82, 2.24) is 10.6 Å². The van der Waals surface area contributed by atoms with Crippen LogP contribution < -0.4 is 10.6 Å². The topological polar surface area (TPSA) is 205 Å². The van der Waals surface area contributed by atoms with Gasteiger partial charge in [-0.15, -0.1) is 0 Å². The maximum Gasteiger partial charge on any atom is 0.407 e. The van der Waals surface area contributed by atoms with E-state index in [1.807, 2.05) is 0 Å². The Hall–Kier alpha value is -2.97. The number of carbonyl (C=O) groups is 4. The van der Waals surface area contributed by atoms with Crippen LogP contribution in [0.25, 0.3) is 0 Å². The van der Waals surface area contributed by atoms with Crippen molar-refractivity contribution in [1.29, 1.82) is 0 Å². The molecule has 0 aromatic heterocycles. The van der Waals surface area contributed by atoms with Crippen molar-refractivity contribution in [2.24, 2.45) is 0 Å². The molecule has 0 rings (SSSR count).